The highest BCUT2D eigenvalue weighted by atomic mass is 35.5. The van der Waals surface area contributed by atoms with E-state index in [2.05, 4.69) is 9.97 Å². The summed E-state index contributed by atoms with van der Waals surface area (Å²) >= 11 is 7.30. The number of halogens is 1. The van der Waals surface area contributed by atoms with Crippen LogP contribution in [0.4, 0.5) is 5.69 Å². The lowest BCUT2D eigenvalue weighted by atomic mass is 10.3. The third-order valence-corrected chi connectivity index (χ3v) is 3.06. The summed E-state index contributed by atoms with van der Waals surface area (Å²) in [5.41, 5.74) is 6.39. The van der Waals surface area contributed by atoms with Crippen LogP contribution in [0.15, 0.2) is 46.7 Å². The molecule has 3 nitrogen and oxygen atoms in total. The van der Waals surface area contributed by atoms with Crippen LogP contribution >= 0.6 is 23.4 Å². The number of nitrogens with zero attached hydrogens (tertiary/aromatic N) is 2. The van der Waals surface area contributed by atoms with Gasteiger partial charge in [0, 0.05) is 17.3 Å². The minimum absolute atomic E-state index is 0.552. The molecule has 0 saturated carbocycles. The van der Waals surface area contributed by atoms with Crippen molar-refractivity contribution in [3.63, 3.8) is 0 Å². The van der Waals surface area contributed by atoms with E-state index < -0.39 is 0 Å². The summed E-state index contributed by atoms with van der Waals surface area (Å²) in [4.78, 5) is 9.07. The maximum Gasteiger partial charge on any atom is 0.192 e. The van der Waals surface area contributed by atoms with Crippen LogP contribution in [-0.2, 0) is 0 Å². The molecule has 0 aliphatic rings. The number of rotatable bonds is 2. The summed E-state index contributed by atoms with van der Waals surface area (Å²) in [5, 5.41) is 1.21. The molecule has 2 rings (SSSR count). The number of anilines is 1. The molecule has 76 valence electrons. The van der Waals surface area contributed by atoms with Crippen LogP contribution in [0.3, 0.4) is 0 Å². The van der Waals surface area contributed by atoms with Crippen LogP contribution in [0.5, 0.6) is 0 Å². The van der Waals surface area contributed by atoms with Crippen molar-refractivity contribution in [1.29, 1.82) is 0 Å². The molecule has 15 heavy (non-hydrogen) atoms. The number of benzene rings is 1. The van der Waals surface area contributed by atoms with Gasteiger partial charge in [-0.2, -0.15) is 0 Å². The van der Waals surface area contributed by atoms with Crippen LogP contribution < -0.4 is 5.73 Å². The van der Waals surface area contributed by atoms with Gasteiger partial charge < -0.3 is 5.73 Å². The third kappa shape index (κ3) is 2.40. The number of hydrogen-bond acceptors (Lipinski definition) is 4. The molecular formula is C10H8ClN3S. The number of nitrogens with two attached hydrogens (primary N) is 1. The summed E-state index contributed by atoms with van der Waals surface area (Å²) in [6.45, 7) is 0. The topological polar surface area (TPSA) is 51.8 Å². The maximum absolute atomic E-state index is 5.90. The monoisotopic (exact) mass is 237 g/mol. The van der Waals surface area contributed by atoms with Crippen molar-refractivity contribution in [2.24, 2.45) is 0 Å². The van der Waals surface area contributed by atoms with E-state index in [4.69, 9.17) is 17.3 Å². The highest BCUT2D eigenvalue weighted by molar-refractivity contribution is 7.99. The maximum atomic E-state index is 5.90. The predicted octanol–water partition coefficient (Wildman–Crippen LogP) is 2.86. The average molecular weight is 238 g/mol. The molecule has 0 bridgehead atoms. The van der Waals surface area contributed by atoms with Crippen molar-refractivity contribution < 1.29 is 0 Å². The summed E-state index contributed by atoms with van der Waals surface area (Å²) in [6, 6.07) is 7.27. The van der Waals surface area contributed by atoms with Crippen LogP contribution in [-0.4, -0.2) is 9.97 Å². The van der Waals surface area contributed by atoms with Gasteiger partial charge in [-0.25, -0.2) is 9.97 Å². The first-order valence-electron chi connectivity index (χ1n) is 4.26. The zero-order valence-electron chi connectivity index (χ0n) is 7.72. The van der Waals surface area contributed by atoms with Crippen LogP contribution in [0, 0.1) is 0 Å². The molecule has 0 aliphatic carbocycles. The van der Waals surface area contributed by atoms with Crippen molar-refractivity contribution in [2.75, 3.05) is 5.73 Å². The van der Waals surface area contributed by atoms with Gasteiger partial charge in [-0.1, -0.05) is 17.7 Å². The summed E-state index contributed by atoms with van der Waals surface area (Å²) in [7, 11) is 0. The van der Waals surface area contributed by atoms with E-state index in [0.717, 1.165) is 4.90 Å². The molecular weight excluding hydrogens is 230 g/mol. The Morgan fingerprint density at radius 3 is 2.60 bits per heavy atom. The van der Waals surface area contributed by atoms with Crippen molar-refractivity contribution in [1.82, 2.24) is 9.97 Å². The van der Waals surface area contributed by atoms with Crippen molar-refractivity contribution in [3.05, 3.63) is 41.7 Å². The standard InChI is InChI=1S/C10H8ClN3S/c11-7-3-1-4-8(9(7)12)15-10-13-5-2-6-14-10/h1-6H,12H2. The van der Waals surface area contributed by atoms with Crippen LogP contribution in [0.1, 0.15) is 0 Å². The lowest BCUT2D eigenvalue weighted by Gasteiger charge is -2.04. The zero-order valence-corrected chi connectivity index (χ0v) is 9.29. The smallest absolute Gasteiger partial charge is 0.192 e. The molecule has 0 atom stereocenters. The fourth-order valence-corrected chi connectivity index (χ4v) is 2.06. The SMILES string of the molecule is Nc1c(Cl)cccc1Sc1ncccn1. The first-order chi connectivity index (χ1) is 7.27. The second-order valence-electron chi connectivity index (χ2n) is 2.79. The molecule has 0 saturated heterocycles. The van der Waals surface area contributed by atoms with Gasteiger partial charge in [0.05, 0.1) is 10.7 Å². The van der Waals surface area contributed by atoms with Gasteiger partial charge in [-0.3, -0.25) is 0 Å². The lowest BCUT2D eigenvalue weighted by Crippen LogP contribution is -1.90. The highest BCUT2D eigenvalue weighted by Crippen LogP contribution is 2.33. The molecule has 0 radical (unpaired) electrons. The Hall–Kier alpha value is -1.26. The van der Waals surface area contributed by atoms with Crippen molar-refractivity contribution in [2.45, 2.75) is 10.1 Å². The Morgan fingerprint density at radius 2 is 1.87 bits per heavy atom. The van der Waals surface area contributed by atoms with E-state index in [1.165, 1.54) is 11.8 Å². The van der Waals surface area contributed by atoms with Crippen LogP contribution in [0.2, 0.25) is 5.02 Å². The van der Waals surface area contributed by atoms with Gasteiger partial charge >= 0.3 is 0 Å². The van der Waals surface area contributed by atoms with E-state index in [-0.39, 0.29) is 0 Å². The van der Waals surface area contributed by atoms with E-state index in [0.29, 0.717) is 15.9 Å². The van der Waals surface area contributed by atoms with E-state index >= 15 is 0 Å². The average Bonchev–Trinajstić information content (AvgIpc) is 2.26. The second-order valence-corrected chi connectivity index (χ2v) is 4.20. The molecule has 0 unspecified atom stereocenters. The fraction of sp³-hybridized carbons (Fsp3) is 0. The quantitative estimate of drug-likeness (QED) is 0.645. The largest absolute Gasteiger partial charge is 0.397 e. The Kier molecular flexibility index (Phi) is 3.08. The molecule has 2 N–H and O–H groups in total. The van der Waals surface area contributed by atoms with E-state index in [1.54, 1.807) is 24.5 Å². The fourth-order valence-electron chi connectivity index (χ4n) is 1.04. The molecule has 1 heterocycles. The third-order valence-electron chi connectivity index (χ3n) is 1.76. The first-order valence-corrected chi connectivity index (χ1v) is 5.45. The minimum Gasteiger partial charge on any atom is -0.397 e. The molecule has 5 heteroatoms. The van der Waals surface area contributed by atoms with Gasteiger partial charge in [-0.15, -0.1) is 0 Å². The Morgan fingerprint density at radius 1 is 1.13 bits per heavy atom. The second kappa shape index (κ2) is 4.51. The van der Waals surface area contributed by atoms with Gasteiger partial charge in [0.25, 0.3) is 0 Å². The highest BCUT2D eigenvalue weighted by Gasteiger charge is 2.05. The van der Waals surface area contributed by atoms with E-state index in [1.807, 2.05) is 12.1 Å². The molecule has 1 aromatic heterocycles. The number of para-hydroxylation sites is 1. The summed E-state index contributed by atoms with van der Waals surface area (Å²) in [5.74, 6) is 0. The number of hydrogen-bond donors (Lipinski definition) is 1. The molecule has 2 aromatic rings. The summed E-state index contributed by atoms with van der Waals surface area (Å²) < 4.78 is 0. The molecule has 0 amide bonds. The van der Waals surface area contributed by atoms with E-state index in [9.17, 15) is 0 Å². The molecule has 0 fully saturated rings. The van der Waals surface area contributed by atoms with Crippen LogP contribution in [0.25, 0.3) is 0 Å². The minimum atomic E-state index is 0.552. The van der Waals surface area contributed by atoms with Crippen molar-refractivity contribution in [3.8, 4) is 0 Å². The Labute approximate surface area is 96.7 Å². The van der Waals surface area contributed by atoms with Gasteiger partial charge in [-0.05, 0) is 30.0 Å². The lowest BCUT2D eigenvalue weighted by molar-refractivity contribution is 0.967. The van der Waals surface area contributed by atoms with Gasteiger partial charge in [0.2, 0.25) is 0 Å². The predicted molar refractivity (Wildman–Crippen MR) is 62.0 cm³/mol. The first kappa shape index (κ1) is 10.3. The molecule has 1 aromatic carbocycles. The number of aromatic nitrogens is 2. The molecule has 0 spiro atoms. The summed E-state index contributed by atoms with van der Waals surface area (Å²) in [6.07, 6.45) is 3.38. The Balaban J connectivity index is 2.29. The van der Waals surface area contributed by atoms with Crippen molar-refractivity contribution >= 4 is 29.1 Å². The molecule has 0 aliphatic heterocycles. The zero-order chi connectivity index (χ0) is 10.7. The Bertz CT molecular complexity index is 461. The number of nitrogen functional groups attached to an aromatic ring is 1. The van der Waals surface area contributed by atoms with Gasteiger partial charge in [0.15, 0.2) is 5.16 Å². The van der Waals surface area contributed by atoms with Gasteiger partial charge in [0.1, 0.15) is 0 Å². The normalized spacial score (nSPS) is 10.2.